The fourth-order valence-corrected chi connectivity index (χ4v) is 2.66. The molecule has 0 aliphatic carbocycles. The molecule has 0 saturated carbocycles. The quantitative estimate of drug-likeness (QED) is 0.791. The van der Waals surface area contributed by atoms with Gasteiger partial charge in [0.05, 0.1) is 11.3 Å². The molecule has 4 nitrogen and oxygen atoms in total. The first-order valence-electron chi connectivity index (χ1n) is 5.63. The van der Waals surface area contributed by atoms with Crippen molar-refractivity contribution in [3.05, 3.63) is 27.8 Å². The van der Waals surface area contributed by atoms with Gasteiger partial charge in [-0.1, -0.05) is 37.0 Å². The van der Waals surface area contributed by atoms with Crippen molar-refractivity contribution in [2.75, 3.05) is 0 Å². The third-order valence-electron chi connectivity index (χ3n) is 2.68. The van der Waals surface area contributed by atoms with Crippen LogP contribution in [0.3, 0.4) is 0 Å². The van der Waals surface area contributed by atoms with Crippen LogP contribution in [-0.4, -0.2) is 19.7 Å². The lowest BCUT2D eigenvalue weighted by atomic mass is 10.1. The molecule has 0 atom stereocenters. The average Bonchev–Trinajstić information content (AvgIpc) is 2.56. The molecule has 6 heteroatoms. The van der Waals surface area contributed by atoms with Crippen molar-refractivity contribution in [3.63, 3.8) is 0 Å². The van der Waals surface area contributed by atoms with Crippen molar-refractivity contribution in [2.45, 2.75) is 26.7 Å². The van der Waals surface area contributed by atoms with E-state index in [9.17, 15) is 0 Å². The van der Waals surface area contributed by atoms with E-state index < -0.39 is 0 Å². The fourth-order valence-electron chi connectivity index (χ4n) is 1.83. The molecule has 0 N–H and O–H groups in total. The van der Waals surface area contributed by atoms with E-state index in [4.69, 9.17) is 23.2 Å². The predicted molar refractivity (Wildman–Crippen MR) is 73.1 cm³/mol. The summed E-state index contributed by atoms with van der Waals surface area (Å²) in [6.45, 7) is 5.91. The van der Waals surface area contributed by atoms with Crippen LogP contribution in [0.15, 0.2) is 6.20 Å². The number of hydrogen-bond acceptors (Lipinski definition) is 3. The molecule has 0 bridgehead atoms. The van der Waals surface area contributed by atoms with Gasteiger partial charge in [0, 0.05) is 18.8 Å². The predicted octanol–water partition coefficient (Wildman–Crippen LogP) is 3.62. The Morgan fingerprint density at radius 1 is 1.17 bits per heavy atom. The normalized spacial score (nSPS) is 11.3. The molecule has 0 amide bonds. The minimum atomic E-state index is 0.189. The van der Waals surface area contributed by atoms with Crippen molar-refractivity contribution in [1.29, 1.82) is 0 Å². The summed E-state index contributed by atoms with van der Waals surface area (Å²) in [5, 5.41) is 5.07. The van der Waals surface area contributed by atoms with Gasteiger partial charge in [0.25, 0.3) is 0 Å². The Labute approximate surface area is 116 Å². The van der Waals surface area contributed by atoms with E-state index >= 15 is 0 Å². The molecule has 96 valence electrons. The summed E-state index contributed by atoms with van der Waals surface area (Å²) in [5.74, 6) is 0.703. The third-order valence-corrected chi connectivity index (χ3v) is 3.26. The summed E-state index contributed by atoms with van der Waals surface area (Å²) in [6, 6.07) is 0. The molecule has 0 radical (unpaired) electrons. The Balaban J connectivity index is 2.58. The zero-order valence-corrected chi connectivity index (χ0v) is 12.2. The van der Waals surface area contributed by atoms with Crippen molar-refractivity contribution in [2.24, 2.45) is 7.05 Å². The van der Waals surface area contributed by atoms with Gasteiger partial charge < -0.3 is 0 Å². The van der Waals surface area contributed by atoms with Gasteiger partial charge >= 0.3 is 0 Å². The highest BCUT2D eigenvalue weighted by atomic mass is 35.5. The van der Waals surface area contributed by atoms with Gasteiger partial charge in [0.1, 0.15) is 10.3 Å². The number of aromatic nitrogens is 4. The van der Waals surface area contributed by atoms with Gasteiger partial charge in [0.2, 0.25) is 0 Å². The molecule has 18 heavy (non-hydrogen) atoms. The fraction of sp³-hybridized carbons (Fsp3) is 0.417. The van der Waals surface area contributed by atoms with Gasteiger partial charge in [-0.2, -0.15) is 5.10 Å². The summed E-state index contributed by atoms with van der Waals surface area (Å²) in [4.78, 5) is 8.63. The number of hydrogen-bond donors (Lipinski definition) is 0. The first-order valence-corrected chi connectivity index (χ1v) is 6.39. The molecule has 2 aromatic heterocycles. The molecule has 0 aliphatic heterocycles. The molecule has 0 fully saturated rings. The molecule has 0 aromatic carbocycles. The van der Waals surface area contributed by atoms with Gasteiger partial charge in [-0.25, -0.2) is 9.97 Å². The lowest BCUT2D eigenvalue weighted by molar-refractivity contribution is 0.756. The monoisotopic (exact) mass is 284 g/mol. The highest BCUT2D eigenvalue weighted by Gasteiger charge is 2.17. The van der Waals surface area contributed by atoms with Crippen LogP contribution >= 0.6 is 23.2 Å². The molecule has 0 unspecified atom stereocenters. The lowest BCUT2D eigenvalue weighted by Gasteiger charge is -2.10. The summed E-state index contributed by atoms with van der Waals surface area (Å²) in [7, 11) is 1.85. The molecule has 0 spiro atoms. The van der Waals surface area contributed by atoms with Crippen LogP contribution in [0.2, 0.25) is 10.3 Å². The Morgan fingerprint density at radius 3 is 2.11 bits per heavy atom. The number of rotatable bonds is 2. The Morgan fingerprint density at radius 2 is 1.72 bits per heavy atom. The van der Waals surface area contributed by atoms with Gasteiger partial charge in [0.15, 0.2) is 5.82 Å². The van der Waals surface area contributed by atoms with Crippen LogP contribution in [-0.2, 0) is 7.05 Å². The second-order valence-corrected chi connectivity index (χ2v) is 5.22. The number of halogens is 2. The molecular formula is C12H14Cl2N4. The highest BCUT2D eigenvalue weighted by molar-refractivity contribution is 6.34. The van der Waals surface area contributed by atoms with Crippen LogP contribution in [0.1, 0.15) is 31.0 Å². The zero-order valence-electron chi connectivity index (χ0n) is 10.7. The summed E-state index contributed by atoms with van der Waals surface area (Å²) in [6.07, 6.45) is 1.85. The van der Waals surface area contributed by atoms with E-state index in [-0.39, 0.29) is 5.92 Å². The first-order chi connectivity index (χ1) is 8.40. The Bertz CT molecular complexity index is 567. The Kier molecular flexibility index (Phi) is 3.59. The van der Waals surface area contributed by atoms with Gasteiger partial charge in [-0.15, -0.1) is 0 Å². The van der Waals surface area contributed by atoms with E-state index in [0.29, 0.717) is 16.1 Å². The largest absolute Gasteiger partial charge is 0.275 e. The minimum Gasteiger partial charge on any atom is -0.275 e. The molecule has 0 saturated heterocycles. The Hall–Kier alpha value is -1.13. The standard InChI is InChI=1S/C12H14Cl2N4/c1-6(2)9-10(13)15-12(16-11(9)14)8-5-18(4)17-7(8)3/h5-6H,1-4H3. The van der Waals surface area contributed by atoms with Crippen LogP contribution in [0.5, 0.6) is 0 Å². The second-order valence-electron chi connectivity index (χ2n) is 4.50. The number of aryl methyl sites for hydroxylation is 2. The highest BCUT2D eigenvalue weighted by Crippen LogP contribution is 2.31. The van der Waals surface area contributed by atoms with Crippen LogP contribution in [0, 0.1) is 6.92 Å². The van der Waals surface area contributed by atoms with Gasteiger partial charge in [-0.3, -0.25) is 4.68 Å². The van der Waals surface area contributed by atoms with Crippen LogP contribution < -0.4 is 0 Å². The summed E-state index contributed by atoms with van der Waals surface area (Å²) >= 11 is 12.4. The van der Waals surface area contributed by atoms with E-state index in [1.807, 2.05) is 34.0 Å². The maximum Gasteiger partial charge on any atom is 0.165 e. The van der Waals surface area contributed by atoms with E-state index in [2.05, 4.69) is 15.1 Å². The van der Waals surface area contributed by atoms with Crippen molar-refractivity contribution < 1.29 is 0 Å². The molecule has 0 aliphatic rings. The smallest absolute Gasteiger partial charge is 0.165 e. The van der Waals surface area contributed by atoms with Gasteiger partial charge in [-0.05, 0) is 12.8 Å². The van der Waals surface area contributed by atoms with E-state index in [1.54, 1.807) is 4.68 Å². The maximum absolute atomic E-state index is 6.18. The average molecular weight is 285 g/mol. The maximum atomic E-state index is 6.18. The van der Waals surface area contributed by atoms with Crippen molar-refractivity contribution in [3.8, 4) is 11.4 Å². The SMILES string of the molecule is Cc1nn(C)cc1-c1nc(Cl)c(C(C)C)c(Cl)n1. The zero-order chi connectivity index (χ0) is 13.4. The topological polar surface area (TPSA) is 43.6 Å². The molecule has 2 heterocycles. The second kappa shape index (κ2) is 4.86. The molecule has 2 aromatic rings. The summed E-state index contributed by atoms with van der Waals surface area (Å²) in [5.41, 5.74) is 2.47. The molecular weight excluding hydrogens is 271 g/mol. The third kappa shape index (κ3) is 2.35. The first kappa shape index (κ1) is 13.3. The minimum absolute atomic E-state index is 0.189. The van der Waals surface area contributed by atoms with E-state index in [0.717, 1.165) is 16.8 Å². The molecule has 2 rings (SSSR count). The number of nitrogens with zero attached hydrogens (tertiary/aromatic N) is 4. The van der Waals surface area contributed by atoms with E-state index in [1.165, 1.54) is 0 Å². The lowest BCUT2D eigenvalue weighted by Crippen LogP contribution is -1.99. The van der Waals surface area contributed by atoms with Crippen molar-refractivity contribution >= 4 is 23.2 Å². The van der Waals surface area contributed by atoms with Crippen LogP contribution in [0.4, 0.5) is 0 Å². The van der Waals surface area contributed by atoms with Crippen LogP contribution in [0.25, 0.3) is 11.4 Å². The van der Waals surface area contributed by atoms with Crippen molar-refractivity contribution in [1.82, 2.24) is 19.7 Å². The summed E-state index contributed by atoms with van der Waals surface area (Å²) < 4.78 is 1.71.